The Bertz CT molecular complexity index is 547. The molecular formula is C10H6F4N2O. The Hall–Kier alpha value is -2.05. The van der Waals surface area contributed by atoms with Crippen LogP contribution in [0.1, 0.15) is 5.56 Å². The first-order valence-electron chi connectivity index (χ1n) is 4.46. The monoisotopic (exact) mass is 246 g/mol. The van der Waals surface area contributed by atoms with Crippen LogP contribution < -0.4 is 5.73 Å². The summed E-state index contributed by atoms with van der Waals surface area (Å²) in [7, 11) is 0. The van der Waals surface area contributed by atoms with Crippen molar-refractivity contribution in [2.24, 2.45) is 0 Å². The summed E-state index contributed by atoms with van der Waals surface area (Å²) in [5, 5.41) is 0. The van der Waals surface area contributed by atoms with Gasteiger partial charge in [0.15, 0.2) is 0 Å². The van der Waals surface area contributed by atoms with Crippen LogP contribution in [0, 0.1) is 5.82 Å². The second-order valence-electron chi connectivity index (χ2n) is 3.26. The number of alkyl halides is 3. The van der Waals surface area contributed by atoms with Gasteiger partial charge in [-0.1, -0.05) is 0 Å². The van der Waals surface area contributed by atoms with Crippen LogP contribution in [0.25, 0.3) is 11.3 Å². The maximum absolute atomic E-state index is 13.0. The molecule has 0 radical (unpaired) electrons. The summed E-state index contributed by atoms with van der Waals surface area (Å²) >= 11 is 0. The fourth-order valence-corrected chi connectivity index (χ4v) is 1.32. The summed E-state index contributed by atoms with van der Waals surface area (Å²) in [6, 6.07) is 2.38. The first-order chi connectivity index (χ1) is 7.88. The van der Waals surface area contributed by atoms with Gasteiger partial charge in [-0.2, -0.15) is 18.2 Å². The van der Waals surface area contributed by atoms with Crippen LogP contribution in [0.2, 0.25) is 0 Å². The Labute approximate surface area is 92.9 Å². The van der Waals surface area contributed by atoms with Crippen molar-refractivity contribution in [2.45, 2.75) is 6.18 Å². The minimum atomic E-state index is -4.75. The van der Waals surface area contributed by atoms with Crippen LogP contribution in [-0.2, 0) is 6.18 Å². The van der Waals surface area contributed by atoms with Gasteiger partial charge in [0.25, 0.3) is 6.01 Å². The maximum atomic E-state index is 13.0. The zero-order valence-corrected chi connectivity index (χ0v) is 8.25. The highest BCUT2D eigenvalue weighted by Gasteiger charge is 2.34. The number of hydrogen-bond donors (Lipinski definition) is 1. The Morgan fingerprint density at radius 3 is 2.47 bits per heavy atom. The molecule has 17 heavy (non-hydrogen) atoms. The fraction of sp³-hybridized carbons (Fsp3) is 0.100. The van der Waals surface area contributed by atoms with Gasteiger partial charge in [0, 0.05) is 5.56 Å². The van der Waals surface area contributed by atoms with E-state index in [9.17, 15) is 17.6 Å². The van der Waals surface area contributed by atoms with Crippen LogP contribution in [0.5, 0.6) is 0 Å². The van der Waals surface area contributed by atoms with Crippen molar-refractivity contribution in [2.75, 3.05) is 5.73 Å². The van der Waals surface area contributed by atoms with E-state index in [1.54, 1.807) is 0 Å². The first-order valence-corrected chi connectivity index (χ1v) is 4.46. The summed E-state index contributed by atoms with van der Waals surface area (Å²) in [5.41, 5.74) is 4.05. The first kappa shape index (κ1) is 11.4. The molecule has 0 bridgehead atoms. The van der Waals surface area contributed by atoms with Gasteiger partial charge in [0.2, 0.25) is 0 Å². The molecule has 2 rings (SSSR count). The van der Waals surface area contributed by atoms with Crippen molar-refractivity contribution < 1.29 is 22.0 Å². The maximum Gasteiger partial charge on any atom is 0.419 e. The molecule has 90 valence electrons. The van der Waals surface area contributed by atoms with E-state index in [4.69, 9.17) is 5.73 Å². The van der Waals surface area contributed by atoms with E-state index in [1.807, 2.05) is 0 Å². The zero-order chi connectivity index (χ0) is 12.6. The molecule has 0 fully saturated rings. The van der Waals surface area contributed by atoms with E-state index < -0.39 is 17.6 Å². The molecule has 1 aromatic carbocycles. The molecule has 0 aliphatic rings. The summed E-state index contributed by atoms with van der Waals surface area (Å²) in [5.74, 6) is -1.34. The van der Waals surface area contributed by atoms with E-state index in [1.165, 1.54) is 6.07 Å². The SMILES string of the molecule is Nc1nc(-c2ccc(F)c(C(F)(F)F)c2)co1. The molecular weight excluding hydrogens is 240 g/mol. The Morgan fingerprint density at radius 2 is 1.94 bits per heavy atom. The highest BCUT2D eigenvalue weighted by Crippen LogP contribution is 2.34. The van der Waals surface area contributed by atoms with Gasteiger partial charge in [0.05, 0.1) is 5.56 Å². The van der Waals surface area contributed by atoms with Crippen LogP contribution in [-0.4, -0.2) is 4.98 Å². The number of anilines is 1. The van der Waals surface area contributed by atoms with Crippen molar-refractivity contribution in [1.29, 1.82) is 0 Å². The van der Waals surface area contributed by atoms with Gasteiger partial charge in [-0.3, -0.25) is 0 Å². The third-order valence-corrected chi connectivity index (χ3v) is 2.09. The molecule has 0 saturated heterocycles. The average molecular weight is 246 g/mol. The number of benzene rings is 1. The molecule has 0 unspecified atom stereocenters. The number of aromatic nitrogens is 1. The van der Waals surface area contributed by atoms with Gasteiger partial charge < -0.3 is 10.2 Å². The minimum Gasteiger partial charge on any atom is -0.432 e. The van der Waals surface area contributed by atoms with E-state index in [2.05, 4.69) is 9.40 Å². The topological polar surface area (TPSA) is 52.0 Å². The number of rotatable bonds is 1. The van der Waals surface area contributed by atoms with E-state index in [0.717, 1.165) is 12.3 Å². The molecule has 1 heterocycles. The third-order valence-electron chi connectivity index (χ3n) is 2.09. The van der Waals surface area contributed by atoms with Crippen molar-refractivity contribution in [3.05, 3.63) is 35.8 Å². The molecule has 0 atom stereocenters. The zero-order valence-electron chi connectivity index (χ0n) is 8.25. The van der Waals surface area contributed by atoms with E-state index in [0.29, 0.717) is 6.07 Å². The van der Waals surface area contributed by atoms with E-state index in [-0.39, 0.29) is 17.3 Å². The quantitative estimate of drug-likeness (QED) is 0.786. The standard InChI is InChI=1S/C10H6F4N2O/c11-7-2-1-5(3-6(7)10(12,13)14)8-4-17-9(15)16-8/h1-4H,(H2,15,16). The number of nitrogens with two attached hydrogens (primary N) is 1. The van der Waals surface area contributed by atoms with Crippen LogP contribution >= 0.6 is 0 Å². The average Bonchev–Trinajstić information content (AvgIpc) is 2.64. The van der Waals surface area contributed by atoms with Gasteiger partial charge >= 0.3 is 6.18 Å². The van der Waals surface area contributed by atoms with Crippen LogP contribution in [0.3, 0.4) is 0 Å². The smallest absolute Gasteiger partial charge is 0.419 e. The van der Waals surface area contributed by atoms with Crippen molar-refractivity contribution >= 4 is 6.01 Å². The number of halogens is 4. The molecule has 2 N–H and O–H groups in total. The van der Waals surface area contributed by atoms with Gasteiger partial charge in [-0.05, 0) is 18.2 Å². The summed E-state index contributed by atoms with van der Waals surface area (Å²) in [6.07, 6.45) is -3.65. The van der Waals surface area contributed by atoms with Crippen LogP contribution in [0.4, 0.5) is 23.6 Å². The molecule has 3 nitrogen and oxygen atoms in total. The molecule has 0 aliphatic carbocycles. The lowest BCUT2D eigenvalue weighted by molar-refractivity contribution is -0.139. The summed E-state index contributed by atoms with van der Waals surface area (Å²) in [4.78, 5) is 3.66. The lowest BCUT2D eigenvalue weighted by atomic mass is 10.1. The Balaban J connectivity index is 2.51. The lowest BCUT2D eigenvalue weighted by Crippen LogP contribution is -2.08. The second kappa shape index (κ2) is 3.76. The number of hydrogen-bond acceptors (Lipinski definition) is 3. The minimum absolute atomic E-state index is 0.0826. The van der Waals surface area contributed by atoms with Crippen molar-refractivity contribution in [3.63, 3.8) is 0 Å². The molecule has 7 heteroatoms. The highest BCUT2D eigenvalue weighted by molar-refractivity contribution is 5.60. The molecule has 0 aliphatic heterocycles. The Morgan fingerprint density at radius 1 is 1.24 bits per heavy atom. The lowest BCUT2D eigenvalue weighted by Gasteiger charge is -2.08. The second-order valence-corrected chi connectivity index (χ2v) is 3.26. The normalized spacial score (nSPS) is 11.8. The summed E-state index contributed by atoms with van der Waals surface area (Å²) in [6.45, 7) is 0. The highest BCUT2D eigenvalue weighted by atomic mass is 19.4. The molecule has 0 amide bonds. The van der Waals surface area contributed by atoms with Gasteiger partial charge in [0.1, 0.15) is 17.8 Å². The Kier molecular flexibility index (Phi) is 2.53. The van der Waals surface area contributed by atoms with Crippen molar-refractivity contribution in [1.82, 2.24) is 4.98 Å². The third kappa shape index (κ3) is 2.22. The number of nitrogen functional groups attached to an aromatic ring is 1. The molecule has 0 spiro atoms. The largest absolute Gasteiger partial charge is 0.432 e. The van der Waals surface area contributed by atoms with E-state index >= 15 is 0 Å². The predicted octanol–water partition coefficient (Wildman–Crippen LogP) is 3.08. The predicted molar refractivity (Wildman–Crippen MR) is 51.3 cm³/mol. The van der Waals surface area contributed by atoms with Crippen LogP contribution in [0.15, 0.2) is 28.9 Å². The number of nitrogens with zero attached hydrogens (tertiary/aromatic N) is 1. The molecule has 1 aromatic heterocycles. The van der Waals surface area contributed by atoms with Crippen molar-refractivity contribution in [3.8, 4) is 11.3 Å². The fourth-order valence-electron chi connectivity index (χ4n) is 1.32. The molecule has 2 aromatic rings. The van der Waals surface area contributed by atoms with Gasteiger partial charge in [-0.15, -0.1) is 0 Å². The summed E-state index contributed by atoms with van der Waals surface area (Å²) < 4.78 is 55.0. The number of oxazole rings is 1. The van der Waals surface area contributed by atoms with Gasteiger partial charge in [-0.25, -0.2) is 4.39 Å². The molecule has 0 saturated carbocycles.